The van der Waals surface area contributed by atoms with Gasteiger partial charge >= 0.3 is 5.97 Å². The molecule has 3 aromatic rings. The lowest BCUT2D eigenvalue weighted by Gasteiger charge is -2.10. The van der Waals surface area contributed by atoms with E-state index in [1.165, 1.54) is 18.2 Å². The number of amides is 1. The number of carboxylic acid groups (broad SMARTS) is 1. The van der Waals surface area contributed by atoms with E-state index >= 15 is 0 Å². The van der Waals surface area contributed by atoms with E-state index in [-0.39, 0.29) is 22.3 Å². The first-order chi connectivity index (χ1) is 14.1. The highest BCUT2D eigenvalue weighted by molar-refractivity contribution is 7.90. The molecule has 1 aromatic heterocycles. The Kier molecular flexibility index (Phi) is 5.75. The molecule has 0 aliphatic heterocycles. The molecule has 0 aliphatic carbocycles. The van der Waals surface area contributed by atoms with Crippen LogP contribution < -0.4 is 5.32 Å². The minimum absolute atomic E-state index is 0.221. The number of aromatic amines is 1. The molecule has 2 aromatic carbocycles. The zero-order chi connectivity index (χ0) is 22.1. The lowest BCUT2D eigenvalue weighted by atomic mass is 10.0. The van der Waals surface area contributed by atoms with Crippen molar-refractivity contribution in [1.82, 2.24) is 9.97 Å². The van der Waals surface area contributed by atoms with E-state index in [9.17, 15) is 23.1 Å². The van der Waals surface area contributed by atoms with Crippen LogP contribution in [0.25, 0.3) is 11.3 Å². The van der Waals surface area contributed by atoms with E-state index < -0.39 is 21.7 Å². The molecule has 3 N–H and O–H groups in total. The molecule has 0 bridgehead atoms. The van der Waals surface area contributed by atoms with E-state index in [1.807, 2.05) is 30.3 Å². The largest absolute Gasteiger partial charge is 0.478 e. The van der Waals surface area contributed by atoms with E-state index in [2.05, 4.69) is 15.3 Å². The maximum Gasteiger partial charge on any atom is 0.337 e. The number of sulfone groups is 1. The predicted octanol–water partition coefficient (Wildman–Crippen LogP) is 3.23. The van der Waals surface area contributed by atoms with Gasteiger partial charge in [-0.2, -0.15) is 0 Å². The SMILES string of the molecule is Cc1[nH]c(NC(=O)C(C)c2ccccc2)nc1-c1ccc(C(=O)O)c(S(C)(=O)=O)c1. The molecule has 8 nitrogen and oxygen atoms in total. The van der Waals surface area contributed by atoms with Crippen LogP contribution in [0.4, 0.5) is 5.95 Å². The van der Waals surface area contributed by atoms with Gasteiger partial charge in [-0.3, -0.25) is 10.1 Å². The Morgan fingerprint density at radius 2 is 1.80 bits per heavy atom. The quantitative estimate of drug-likeness (QED) is 0.554. The second-order valence-corrected chi connectivity index (χ2v) is 8.95. The molecule has 0 saturated heterocycles. The number of nitrogens with zero attached hydrogens (tertiary/aromatic N) is 1. The molecule has 1 unspecified atom stereocenters. The molecule has 3 rings (SSSR count). The number of imidazole rings is 1. The van der Waals surface area contributed by atoms with Gasteiger partial charge in [0, 0.05) is 17.5 Å². The highest BCUT2D eigenvalue weighted by atomic mass is 32.2. The summed E-state index contributed by atoms with van der Waals surface area (Å²) in [5, 5.41) is 12.0. The number of H-pyrrole nitrogens is 1. The van der Waals surface area contributed by atoms with Gasteiger partial charge in [-0.05, 0) is 31.5 Å². The number of carboxylic acids is 1. The number of benzene rings is 2. The van der Waals surface area contributed by atoms with Crippen molar-refractivity contribution >= 4 is 27.7 Å². The Labute approximate surface area is 173 Å². The molecular weight excluding hydrogens is 406 g/mol. The average Bonchev–Trinajstić information content (AvgIpc) is 3.06. The highest BCUT2D eigenvalue weighted by Gasteiger charge is 2.22. The number of aromatic nitrogens is 2. The Morgan fingerprint density at radius 1 is 1.13 bits per heavy atom. The molecule has 1 heterocycles. The molecule has 1 amide bonds. The maximum absolute atomic E-state index is 12.6. The Bertz CT molecular complexity index is 1220. The second kappa shape index (κ2) is 8.11. The maximum atomic E-state index is 12.6. The van der Waals surface area contributed by atoms with Gasteiger partial charge in [0.2, 0.25) is 11.9 Å². The van der Waals surface area contributed by atoms with Crippen LogP contribution in [0.3, 0.4) is 0 Å². The summed E-state index contributed by atoms with van der Waals surface area (Å²) >= 11 is 0. The van der Waals surface area contributed by atoms with Crippen molar-refractivity contribution in [3.05, 3.63) is 65.4 Å². The standard InChI is InChI=1S/C21H21N3O5S/c1-12(14-7-5-4-6-8-14)19(25)24-21-22-13(2)18(23-21)15-9-10-16(20(26)27)17(11-15)30(3,28)29/h4-12H,1-3H3,(H,26,27)(H2,22,23,24,25). The summed E-state index contributed by atoms with van der Waals surface area (Å²) in [6.45, 7) is 3.51. The normalized spacial score (nSPS) is 12.4. The zero-order valence-electron chi connectivity index (χ0n) is 16.6. The van der Waals surface area contributed by atoms with Crippen LogP contribution >= 0.6 is 0 Å². The first-order valence-electron chi connectivity index (χ1n) is 9.08. The summed E-state index contributed by atoms with van der Waals surface area (Å²) in [5.41, 5.74) is 1.99. The lowest BCUT2D eigenvalue weighted by Crippen LogP contribution is -2.19. The van der Waals surface area contributed by atoms with Gasteiger partial charge in [-0.1, -0.05) is 36.4 Å². The number of rotatable bonds is 6. The Hall–Kier alpha value is -3.46. The molecular formula is C21H21N3O5S. The number of nitrogens with one attached hydrogen (secondary N) is 2. The Morgan fingerprint density at radius 3 is 2.40 bits per heavy atom. The van der Waals surface area contributed by atoms with Crippen molar-refractivity contribution in [3.8, 4) is 11.3 Å². The fourth-order valence-corrected chi connectivity index (χ4v) is 3.97. The van der Waals surface area contributed by atoms with Gasteiger partial charge in [0.05, 0.1) is 22.1 Å². The van der Waals surface area contributed by atoms with Gasteiger partial charge in [0.15, 0.2) is 9.84 Å². The van der Waals surface area contributed by atoms with Crippen LogP contribution in [0.15, 0.2) is 53.4 Å². The minimum Gasteiger partial charge on any atom is -0.478 e. The van der Waals surface area contributed by atoms with Crippen LogP contribution in [0.5, 0.6) is 0 Å². The van der Waals surface area contributed by atoms with Gasteiger partial charge in [-0.15, -0.1) is 0 Å². The topological polar surface area (TPSA) is 129 Å². The third-order valence-electron chi connectivity index (χ3n) is 4.70. The fourth-order valence-electron chi connectivity index (χ4n) is 3.07. The Balaban J connectivity index is 1.91. The molecule has 0 aliphatic rings. The number of carbonyl (C=O) groups is 2. The summed E-state index contributed by atoms with van der Waals surface area (Å²) in [6.07, 6.45) is 0.951. The van der Waals surface area contributed by atoms with Crippen LogP contribution in [0.2, 0.25) is 0 Å². The third-order valence-corrected chi connectivity index (χ3v) is 5.84. The van der Waals surface area contributed by atoms with E-state index in [4.69, 9.17) is 0 Å². The second-order valence-electron chi connectivity index (χ2n) is 6.97. The number of hydrogen-bond acceptors (Lipinski definition) is 5. The summed E-state index contributed by atoms with van der Waals surface area (Å²) in [7, 11) is -3.76. The van der Waals surface area contributed by atoms with Crippen molar-refractivity contribution < 1.29 is 23.1 Å². The average molecular weight is 427 g/mol. The van der Waals surface area contributed by atoms with Gasteiger partial charge in [0.1, 0.15) is 0 Å². The molecule has 156 valence electrons. The summed E-state index contributed by atoms with van der Waals surface area (Å²) in [6, 6.07) is 13.3. The first kappa shape index (κ1) is 21.3. The highest BCUT2D eigenvalue weighted by Crippen LogP contribution is 2.28. The number of hydrogen-bond donors (Lipinski definition) is 3. The molecule has 0 saturated carbocycles. The number of aromatic carboxylic acids is 1. The number of anilines is 1. The minimum atomic E-state index is -3.76. The number of carbonyl (C=O) groups excluding carboxylic acids is 1. The van der Waals surface area contributed by atoms with Gasteiger partial charge in [-0.25, -0.2) is 18.2 Å². The predicted molar refractivity (Wildman–Crippen MR) is 112 cm³/mol. The van der Waals surface area contributed by atoms with Crippen LogP contribution in [-0.2, 0) is 14.6 Å². The molecule has 0 spiro atoms. The summed E-state index contributed by atoms with van der Waals surface area (Å²) < 4.78 is 24.1. The molecule has 9 heteroatoms. The van der Waals surface area contributed by atoms with E-state index in [0.717, 1.165) is 11.8 Å². The fraction of sp³-hybridized carbons (Fsp3) is 0.190. The van der Waals surface area contributed by atoms with Crippen molar-refractivity contribution in [2.75, 3.05) is 11.6 Å². The van der Waals surface area contributed by atoms with E-state index in [1.54, 1.807) is 13.8 Å². The first-order valence-corrected chi connectivity index (χ1v) is 11.0. The molecule has 30 heavy (non-hydrogen) atoms. The molecule has 0 radical (unpaired) electrons. The summed E-state index contributed by atoms with van der Waals surface area (Å²) in [5.74, 6) is -1.76. The monoisotopic (exact) mass is 427 g/mol. The van der Waals surface area contributed by atoms with Crippen LogP contribution in [0.1, 0.15) is 34.5 Å². The van der Waals surface area contributed by atoms with Crippen molar-refractivity contribution in [2.24, 2.45) is 0 Å². The van der Waals surface area contributed by atoms with Gasteiger partial charge in [0.25, 0.3) is 0 Å². The third kappa shape index (κ3) is 4.41. The van der Waals surface area contributed by atoms with Gasteiger partial charge < -0.3 is 10.1 Å². The van der Waals surface area contributed by atoms with Crippen molar-refractivity contribution in [1.29, 1.82) is 0 Å². The smallest absolute Gasteiger partial charge is 0.337 e. The lowest BCUT2D eigenvalue weighted by molar-refractivity contribution is -0.117. The summed E-state index contributed by atoms with van der Waals surface area (Å²) in [4.78, 5) is 31.0. The molecule has 1 atom stereocenters. The van der Waals surface area contributed by atoms with Crippen molar-refractivity contribution in [2.45, 2.75) is 24.7 Å². The van der Waals surface area contributed by atoms with Crippen molar-refractivity contribution in [3.63, 3.8) is 0 Å². The van der Waals surface area contributed by atoms with Crippen LogP contribution in [0, 0.1) is 6.92 Å². The molecule has 0 fully saturated rings. The van der Waals surface area contributed by atoms with Crippen LogP contribution in [-0.4, -0.2) is 41.6 Å². The van der Waals surface area contributed by atoms with E-state index in [0.29, 0.717) is 17.0 Å². The number of aryl methyl sites for hydroxylation is 1. The zero-order valence-corrected chi connectivity index (χ0v) is 17.4.